The Morgan fingerprint density at radius 3 is 2.77 bits per heavy atom. The molecule has 1 aromatic heterocycles. The number of nitrogens with zero attached hydrogens (tertiary/aromatic N) is 2. The van der Waals surface area contributed by atoms with Gasteiger partial charge in [0.2, 0.25) is 5.91 Å². The third-order valence-electron chi connectivity index (χ3n) is 5.57. The van der Waals surface area contributed by atoms with Crippen LogP contribution in [0.25, 0.3) is 0 Å². The summed E-state index contributed by atoms with van der Waals surface area (Å²) in [6.07, 6.45) is 3.21. The first kappa shape index (κ1) is 17.3. The number of anilines is 1. The van der Waals surface area contributed by atoms with Crippen LogP contribution in [-0.2, 0) is 17.6 Å². The molecular formula is C21H24N2O2S. The molecule has 0 spiro atoms. The second kappa shape index (κ2) is 6.88. The van der Waals surface area contributed by atoms with E-state index in [4.69, 9.17) is 0 Å². The first-order valence-corrected chi connectivity index (χ1v) is 10.3. The summed E-state index contributed by atoms with van der Waals surface area (Å²) >= 11 is 1.80. The zero-order valence-corrected chi connectivity index (χ0v) is 16.1. The molecule has 2 amide bonds. The van der Waals surface area contributed by atoms with Gasteiger partial charge in [-0.05, 0) is 60.0 Å². The Bertz CT molecular complexity index is 857. The van der Waals surface area contributed by atoms with Crippen molar-refractivity contribution in [2.24, 2.45) is 0 Å². The van der Waals surface area contributed by atoms with Gasteiger partial charge in [-0.1, -0.05) is 13.8 Å². The van der Waals surface area contributed by atoms with Crippen molar-refractivity contribution in [1.29, 1.82) is 0 Å². The minimum Gasteiger partial charge on any atom is -0.331 e. The zero-order valence-electron chi connectivity index (χ0n) is 15.3. The number of hydrogen-bond acceptors (Lipinski definition) is 3. The van der Waals surface area contributed by atoms with Crippen LogP contribution in [0.15, 0.2) is 29.6 Å². The quantitative estimate of drug-likeness (QED) is 0.815. The highest BCUT2D eigenvalue weighted by Gasteiger charge is 2.32. The van der Waals surface area contributed by atoms with E-state index in [-0.39, 0.29) is 17.9 Å². The fourth-order valence-electron chi connectivity index (χ4n) is 4.23. The molecule has 2 aliphatic rings. The van der Waals surface area contributed by atoms with Gasteiger partial charge in [0.15, 0.2) is 0 Å². The fraction of sp³-hybridized carbons (Fsp3) is 0.429. The molecule has 1 atom stereocenters. The Hall–Kier alpha value is -2.14. The molecule has 136 valence electrons. The van der Waals surface area contributed by atoms with Crippen LogP contribution in [0, 0.1) is 0 Å². The van der Waals surface area contributed by atoms with E-state index in [1.807, 2.05) is 34.9 Å². The number of rotatable bonds is 3. The van der Waals surface area contributed by atoms with Gasteiger partial charge in [0.05, 0.1) is 6.04 Å². The average Bonchev–Trinajstić information content (AvgIpc) is 3.32. The lowest BCUT2D eigenvalue weighted by Gasteiger charge is -2.35. The molecule has 0 saturated carbocycles. The molecule has 1 unspecified atom stereocenters. The van der Waals surface area contributed by atoms with E-state index < -0.39 is 0 Å². The molecule has 4 rings (SSSR count). The second-order valence-corrected chi connectivity index (χ2v) is 7.96. The molecule has 2 aromatic rings. The number of thiophene rings is 1. The summed E-state index contributed by atoms with van der Waals surface area (Å²) in [5.74, 6) is 0.256. The maximum Gasteiger partial charge on any atom is 0.254 e. The SMILES string of the molecule is CCC(=O)N1CCc2cc(C(=O)N3CCc4sccc4C3CC)ccc21. The van der Waals surface area contributed by atoms with E-state index in [0.717, 1.165) is 49.2 Å². The van der Waals surface area contributed by atoms with Gasteiger partial charge in [-0.25, -0.2) is 0 Å². The van der Waals surface area contributed by atoms with E-state index in [2.05, 4.69) is 18.4 Å². The minimum atomic E-state index is 0.108. The van der Waals surface area contributed by atoms with Gasteiger partial charge in [-0.3, -0.25) is 9.59 Å². The van der Waals surface area contributed by atoms with Crippen molar-refractivity contribution in [1.82, 2.24) is 4.90 Å². The van der Waals surface area contributed by atoms with Crippen molar-refractivity contribution >= 4 is 28.8 Å². The maximum atomic E-state index is 13.2. The molecule has 0 fully saturated rings. The van der Waals surface area contributed by atoms with E-state index in [1.54, 1.807) is 11.3 Å². The third kappa shape index (κ3) is 2.75. The van der Waals surface area contributed by atoms with Crippen LogP contribution in [-0.4, -0.2) is 29.8 Å². The van der Waals surface area contributed by atoms with Crippen molar-refractivity contribution in [3.8, 4) is 0 Å². The molecule has 0 bridgehead atoms. The smallest absolute Gasteiger partial charge is 0.254 e. The van der Waals surface area contributed by atoms with Gasteiger partial charge in [-0.2, -0.15) is 0 Å². The highest BCUT2D eigenvalue weighted by Crippen LogP contribution is 2.37. The first-order chi connectivity index (χ1) is 12.6. The maximum absolute atomic E-state index is 13.2. The Morgan fingerprint density at radius 1 is 1.15 bits per heavy atom. The number of benzene rings is 1. The molecule has 0 N–H and O–H groups in total. The van der Waals surface area contributed by atoms with Crippen LogP contribution >= 0.6 is 11.3 Å². The van der Waals surface area contributed by atoms with Crippen molar-refractivity contribution in [3.63, 3.8) is 0 Å². The molecule has 26 heavy (non-hydrogen) atoms. The average molecular weight is 369 g/mol. The number of amides is 2. The normalized spacial score (nSPS) is 18.6. The van der Waals surface area contributed by atoms with Gasteiger partial charge in [0.1, 0.15) is 0 Å². The molecular weight excluding hydrogens is 344 g/mol. The lowest BCUT2D eigenvalue weighted by atomic mass is 9.96. The summed E-state index contributed by atoms with van der Waals surface area (Å²) in [5, 5.41) is 2.13. The number of hydrogen-bond donors (Lipinski definition) is 0. The Morgan fingerprint density at radius 2 is 2.00 bits per heavy atom. The molecule has 4 nitrogen and oxygen atoms in total. The minimum absolute atomic E-state index is 0.108. The summed E-state index contributed by atoms with van der Waals surface area (Å²) < 4.78 is 0. The number of carbonyl (C=O) groups is 2. The topological polar surface area (TPSA) is 40.6 Å². The summed E-state index contributed by atoms with van der Waals surface area (Å²) in [5.41, 5.74) is 4.14. The van der Waals surface area contributed by atoms with Crippen LogP contribution in [0.3, 0.4) is 0 Å². The molecule has 0 saturated heterocycles. The molecule has 3 heterocycles. The van der Waals surface area contributed by atoms with Gasteiger partial charge in [0.25, 0.3) is 5.91 Å². The van der Waals surface area contributed by atoms with Crippen molar-refractivity contribution in [2.75, 3.05) is 18.0 Å². The Labute approximate surface area is 158 Å². The van der Waals surface area contributed by atoms with Crippen LogP contribution in [0.4, 0.5) is 5.69 Å². The van der Waals surface area contributed by atoms with Crippen molar-refractivity contribution in [3.05, 3.63) is 51.2 Å². The van der Waals surface area contributed by atoms with Crippen LogP contribution < -0.4 is 4.90 Å². The largest absolute Gasteiger partial charge is 0.331 e. The summed E-state index contributed by atoms with van der Waals surface area (Å²) in [6, 6.07) is 8.17. The van der Waals surface area contributed by atoms with E-state index >= 15 is 0 Å². The van der Waals surface area contributed by atoms with Crippen LogP contribution in [0.5, 0.6) is 0 Å². The summed E-state index contributed by atoms with van der Waals surface area (Å²) in [7, 11) is 0. The lowest BCUT2D eigenvalue weighted by Crippen LogP contribution is -2.39. The van der Waals surface area contributed by atoms with E-state index in [1.165, 1.54) is 10.4 Å². The van der Waals surface area contributed by atoms with Crippen LogP contribution in [0.2, 0.25) is 0 Å². The number of fused-ring (bicyclic) bond motifs is 2. The second-order valence-electron chi connectivity index (χ2n) is 6.96. The van der Waals surface area contributed by atoms with Gasteiger partial charge in [-0.15, -0.1) is 11.3 Å². The molecule has 5 heteroatoms. The first-order valence-electron chi connectivity index (χ1n) is 9.44. The fourth-order valence-corrected chi connectivity index (χ4v) is 5.16. The van der Waals surface area contributed by atoms with E-state index in [9.17, 15) is 9.59 Å². The monoisotopic (exact) mass is 368 g/mol. The van der Waals surface area contributed by atoms with Crippen molar-refractivity contribution < 1.29 is 9.59 Å². The van der Waals surface area contributed by atoms with E-state index in [0.29, 0.717) is 6.42 Å². The summed E-state index contributed by atoms with van der Waals surface area (Å²) in [6.45, 7) is 5.54. The highest BCUT2D eigenvalue weighted by molar-refractivity contribution is 7.10. The molecule has 2 aliphatic heterocycles. The predicted octanol–water partition coefficient (Wildman–Crippen LogP) is 4.20. The molecule has 0 radical (unpaired) electrons. The number of carbonyl (C=O) groups excluding carboxylic acids is 2. The van der Waals surface area contributed by atoms with Gasteiger partial charge >= 0.3 is 0 Å². The summed E-state index contributed by atoms with van der Waals surface area (Å²) in [4.78, 5) is 30.6. The third-order valence-corrected chi connectivity index (χ3v) is 6.56. The predicted molar refractivity (Wildman–Crippen MR) is 105 cm³/mol. The molecule has 1 aromatic carbocycles. The zero-order chi connectivity index (χ0) is 18.3. The lowest BCUT2D eigenvalue weighted by molar-refractivity contribution is -0.118. The standard InChI is InChI=1S/C21H24N2O2S/c1-3-17-16-9-12-26-19(16)8-11-23(17)21(25)15-5-6-18-14(13-15)7-10-22(18)20(24)4-2/h5-6,9,12-13,17H,3-4,7-8,10-11H2,1-2H3. The van der Waals surface area contributed by atoms with Gasteiger partial charge in [0, 0.05) is 35.6 Å². The van der Waals surface area contributed by atoms with Crippen molar-refractivity contribution in [2.45, 2.75) is 45.6 Å². The van der Waals surface area contributed by atoms with Crippen LogP contribution in [0.1, 0.15) is 59.1 Å². The highest BCUT2D eigenvalue weighted by atomic mass is 32.1. The Kier molecular flexibility index (Phi) is 4.57. The van der Waals surface area contributed by atoms with Gasteiger partial charge < -0.3 is 9.80 Å². The Balaban J connectivity index is 1.61. The molecule has 0 aliphatic carbocycles.